The summed E-state index contributed by atoms with van der Waals surface area (Å²) < 4.78 is 0. The monoisotopic (exact) mass is 332 g/mol. The number of nitrogens with one attached hydrogen (secondary N) is 3. The van der Waals surface area contributed by atoms with E-state index in [0.29, 0.717) is 0 Å². The van der Waals surface area contributed by atoms with Crippen LogP contribution in [-0.2, 0) is 24.0 Å². The number of carboxylic acid groups (broad SMARTS) is 2. The van der Waals surface area contributed by atoms with Gasteiger partial charge in [-0.2, -0.15) is 0 Å². The molecule has 0 aromatic rings. The zero-order chi connectivity index (χ0) is 18.0. The van der Waals surface area contributed by atoms with Crippen LogP contribution in [0.15, 0.2) is 0 Å². The number of rotatable bonds is 10. The van der Waals surface area contributed by atoms with Gasteiger partial charge in [0.05, 0.1) is 12.6 Å². The van der Waals surface area contributed by atoms with Crippen LogP contribution in [-0.4, -0.2) is 65.0 Å². The average Bonchev–Trinajstić information content (AvgIpc) is 2.45. The summed E-state index contributed by atoms with van der Waals surface area (Å²) in [4.78, 5) is 55.6. The zero-order valence-corrected chi connectivity index (χ0v) is 12.5. The number of carbonyl (C=O) groups is 5. The molecule has 0 aromatic carbocycles. The molecule has 11 heteroatoms. The summed E-state index contributed by atoms with van der Waals surface area (Å²) in [6.07, 6.45) is -0.634. The van der Waals surface area contributed by atoms with E-state index in [0.717, 1.165) is 0 Å². The molecule has 0 spiro atoms. The maximum absolute atomic E-state index is 11.8. The highest BCUT2D eigenvalue weighted by atomic mass is 16.4. The van der Waals surface area contributed by atoms with Crippen molar-refractivity contribution in [2.75, 3.05) is 13.1 Å². The molecule has 2 atom stereocenters. The van der Waals surface area contributed by atoms with Crippen molar-refractivity contribution in [1.82, 2.24) is 16.0 Å². The van der Waals surface area contributed by atoms with Crippen LogP contribution < -0.4 is 21.7 Å². The van der Waals surface area contributed by atoms with E-state index < -0.39 is 61.3 Å². The standard InChI is InChI=1S/C12H20N4O7/c1-6(13)11(22)14-4-8(17)16-7(2-3-9(18)19)12(23)15-5-10(20)21/h6-7H,2-5,13H2,1H3,(H,14,22)(H,15,23)(H,16,17)(H,18,19)(H,20,21). The molecule has 0 fully saturated rings. The van der Waals surface area contributed by atoms with Crippen LogP contribution in [0.3, 0.4) is 0 Å². The first-order valence-corrected chi connectivity index (χ1v) is 6.67. The van der Waals surface area contributed by atoms with Crippen LogP contribution in [0, 0.1) is 0 Å². The summed E-state index contributed by atoms with van der Waals surface area (Å²) in [6, 6.07) is -2.05. The van der Waals surface area contributed by atoms with Crippen molar-refractivity contribution in [2.45, 2.75) is 31.8 Å². The lowest BCUT2D eigenvalue weighted by Crippen LogP contribution is -2.51. The lowest BCUT2D eigenvalue weighted by atomic mass is 10.1. The zero-order valence-electron chi connectivity index (χ0n) is 12.5. The Kier molecular flexibility index (Phi) is 8.92. The maximum Gasteiger partial charge on any atom is 0.322 e. The molecular weight excluding hydrogens is 312 g/mol. The van der Waals surface area contributed by atoms with Crippen LogP contribution in [0.25, 0.3) is 0 Å². The quantitative estimate of drug-likeness (QED) is 0.244. The Morgan fingerprint density at radius 1 is 0.957 bits per heavy atom. The smallest absolute Gasteiger partial charge is 0.322 e. The van der Waals surface area contributed by atoms with E-state index in [-0.39, 0.29) is 6.42 Å². The van der Waals surface area contributed by atoms with Gasteiger partial charge in [0.15, 0.2) is 0 Å². The Morgan fingerprint density at radius 3 is 2.00 bits per heavy atom. The molecule has 11 nitrogen and oxygen atoms in total. The van der Waals surface area contributed by atoms with Crippen molar-refractivity contribution in [1.29, 1.82) is 0 Å². The number of carboxylic acids is 2. The van der Waals surface area contributed by atoms with Gasteiger partial charge < -0.3 is 31.9 Å². The summed E-state index contributed by atoms with van der Waals surface area (Å²) in [5.74, 6) is -4.61. The molecule has 0 aliphatic rings. The Labute approximate surface area is 131 Å². The topological polar surface area (TPSA) is 188 Å². The molecule has 0 aliphatic heterocycles. The molecule has 3 amide bonds. The van der Waals surface area contributed by atoms with Gasteiger partial charge in [-0.15, -0.1) is 0 Å². The molecule has 0 aliphatic carbocycles. The second kappa shape index (κ2) is 10.1. The molecule has 23 heavy (non-hydrogen) atoms. The van der Waals surface area contributed by atoms with E-state index in [4.69, 9.17) is 15.9 Å². The first kappa shape index (κ1) is 20.3. The van der Waals surface area contributed by atoms with E-state index in [2.05, 4.69) is 10.6 Å². The Bertz CT molecular complexity index is 478. The van der Waals surface area contributed by atoms with Gasteiger partial charge in [0.1, 0.15) is 12.6 Å². The van der Waals surface area contributed by atoms with Crippen LogP contribution in [0.5, 0.6) is 0 Å². The number of carbonyl (C=O) groups excluding carboxylic acids is 3. The largest absolute Gasteiger partial charge is 0.481 e. The fraction of sp³-hybridized carbons (Fsp3) is 0.583. The van der Waals surface area contributed by atoms with Gasteiger partial charge in [-0.25, -0.2) is 0 Å². The second-order valence-electron chi connectivity index (χ2n) is 4.67. The third-order valence-electron chi connectivity index (χ3n) is 2.55. The SMILES string of the molecule is CC(N)C(=O)NCC(=O)NC(CCC(=O)O)C(=O)NCC(=O)O. The molecule has 0 aromatic heterocycles. The average molecular weight is 332 g/mol. The molecule has 2 unspecified atom stereocenters. The van der Waals surface area contributed by atoms with Gasteiger partial charge in [-0.1, -0.05) is 0 Å². The van der Waals surface area contributed by atoms with Gasteiger partial charge in [0, 0.05) is 6.42 Å². The molecule has 0 bridgehead atoms. The minimum atomic E-state index is -1.29. The van der Waals surface area contributed by atoms with Crippen LogP contribution in [0.1, 0.15) is 19.8 Å². The third kappa shape index (κ3) is 9.79. The lowest BCUT2D eigenvalue weighted by Gasteiger charge is -2.17. The minimum Gasteiger partial charge on any atom is -0.481 e. The van der Waals surface area contributed by atoms with E-state index in [1.54, 1.807) is 0 Å². The molecular formula is C12H20N4O7. The van der Waals surface area contributed by atoms with E-state index >= 15 is 0 Å². The predicted octanol–water partition coefficient (Wildman–Crippen LogP) is -3.00. The van der Waals surface area contributed by atoms with Crippen molar-refractivity contribution in [3.05, 3.63) is 0 Å². The third-order valence-corrected chi connectivity index (χ3v) is 2.55. The summed E-state index contributed by atoms with van der Waals surface area (Å²) in [5, 5.41) is 23.6. The lowest BCUT2D eigenvalue weighted by molar-refractivity contribution is -0.140. The summed E-state index contributed by atoms with van der Waals surface area (Å²) in [5.41, 5.74) is 5.29. The highest BCUT2D eigenvalue weighted by molar-refractivity contribution is 5.92. The Balaban J connectivity index is 4.57. The molecule has 0 rings (SSSR count). The molecule has 0 saturated heterocycles. The fourth-order valence-corrected chi connectivity index (χ4v) is 1.40. The molecule has 130 valence electrons. The van der Waals surface area contributed by atoms with E-state index in [9.17, 15) is 24.0 Å². The summed E-state index contributed by atoms with van der Waals surface area (Å²) in [6.45, 7) is 0.304. The fourth-order valence-electron chi connectivity index (χ4n) is 1.40. The van der Waals surface area contributed by atoms with E-state index in [1.165, 1.54) is 6.92 Å². The Morgan fingerprint density at radius 2 is 1.52 bits per heavy atom. The Hall–Kier alpha value is -2.69. The molecule has 0 radical (unpaired) electrons. The minimum absolute atomic E-state index is 0.228. The van der Waals surface area contributed by atoms with Gasteiger partial charge >= 0.3 is 11.9 Å². The summed E-state index contributed by atoms with van der Waals surface area (Å²) >= 11 is 0. The summed E-state index contributed by atoms with van der Waals surface area (Å²) in [7, 11) is 0. The number of hydrogen-bond donors (Lipinski definition) is 6. The normalized spacial score (nSPS) is 12.6. The van der Waals surface area contributed by atoms with Crippen molar-refractivity contribution in [3.8, 4) is 0 Å². The number of nitrogens with two attached hydrogens (primary N) is 1. The molecule has 0 saturated carbocycles. The van der Waals surface area contributed by atoms with Gasteiger partial charge in [-0.05, 0) is 13.3 Å². The first-order valence-electron chi connectivity index (χ1n) is 6.67. The van der Waals surface area contributed by atoms with Crippen LogP contribution >= 0.6 is 0 Å². The van der Waals surface area contributed by atoms with E-state index in [1.807, 2.05) is 5.32 Å². The van der Waals surface area contributed by atoms with Crippen molar-refractivity contribution >= 4 is 29.7 Å². The molecule has 7 N–H and O–H groups in total. The van der Waals surface area contributed by atoms with Crippen LogP contribution in [0.4, 0.5) is 0 Å². The van der Waals surface area contributed by atoms with Gasteiger partial charge in [-0.3, -0.25) is 24.0 Å². The first-order chi connectivity index (χ1) is 10.6. The van der Waals surface area contributed by atoms with Crippen molar-refractivity contribution in [2.24, 2.45) is 5.73 Å². The van der Waals surface area contributed by atoms with Gasteiger partial charge in [0.2, 0.25) is 17.7 Å². The number of amides is 3. The van der Waals surface area contributed by atoms with Crippen molar-refractivity contribution < 1.29 is 34.2 Å². The predicted molar refractivity (Wildman–Crippen MR) is 76.1 cm³/mol. The van der Waals surface area contributed by atoms with Gasteiger partial charge in [0.25, 0.3) is 0 Å². The maximum atomic E-state index is 11.8. The second-order valence-corrected chi connectivity index (χ2v) is 4.67. The highest BCUT2D eigenvalue weighted by Gasteiger charge is 2.22. The van der Waals surface area contributed by atoms with Crippen molar-refractivity contribution in [3.63, 3.8) is 0 Å². The number of aliphatic carboxylic acids is 2. The highest BCUT2D eigenvalue weighted by Crippen LogP contribution is 1.98. The van der Waals surface area contributed by atoms with Crippen LogP contribution in [0.2, 0.25) is 0 Å². The molecule has 0 heterocycles. The number of hydrogen-bond acceptors (Lipinski definition) is 6.